The quantitative estimate of drug-likeness (QED) is 0.440. The van der Waals surface area contributed by atoms with Gasteiger partial charge >= 0.3 is 6.18 Å². The number of aromatic nitrogens is 2. The standard InChI is InChI=1S/C25H25F4N5O2/c1-36-18-10-4-15(5-11-18)13-19(22(30)35)33-23-21(26)24(32-14-31-23)34-12-2-3-20(34)16-6-8-17(9-7-16)25(27,28)29/h4-11,14,19-20H,2-3,12-13H2,1H3,(H2,30,35)(H,31,32,33)/t19-,20?/m1/s1. The second-order valence-corrected chi connectivity index (χ2v) is 8.48. The number of rotatable bonds is 8. The normalized spacial score (nSPS) is 16.6. The molecule has 2 atom stereocenters. The maximum Gasteiger partial charge on any atom is 0.416 e. The second kappa shape index (κ2) is 10.4. The molecule has 0 radical (unpaired) electrons. The molecule has 0 saturated carbocycles. The number of benzene rings is 2. The van der Waals surface area contributed by atoms with Crippen molar-refractivity contribution in [1.82, 2.24) is 9.97 Å². The molecule has 1 aliphatic heterocycles. The second-order valence-electron chi connectivity index (χ2n) is 8.48. The highest BCUT2D eigenvalue weighted by Gasteiger charge is 2.33. The van der Waals surface area contributed by atoms with Gasteiger partial charge in [0.1, 0.15) is 18.1 Å². The first-order valence-electron chi connectivity index (χ1n) is 11.3. The first-order chi connectivity index (χ1) is 17.2. The van der Waals surface area contributed by atoms with Crippen LogP contribution in [0.3, 0.4) is 0 Å². The van der Waals surface area contributed by atoms with Crippen LogP contribution in [0, 0.1) is 5.82 Å². The Hall–Kier alpha value is -3.89. The summed E-state index contributed by atoms with van der Waals surface area (Å²) in [6.45, 7) is 0.462. The summed E-state index contributed by atoms with van der Waals surface area (Å²) in [5.74, 6) is -0.980. The molecule has 2 aromatic carbocycles. The lowest BCUT2D eigenvalue weighted by molar-refractivity contribution is -0.137. The number of primary amides is 1. The van der Waals surface area contributed by atoms with Crippen LogP contribution in [-0.2, 0) is 17.4 Å². The zero-order chi connectivity index (χ0) is 25.9. The molecule has 1 unspecified atom stereocenters. The van der Waals surface area contributed by atoms with E-state index in [9.17, 15) is 18.0 Å². The minimum atomic E-state index is -4.43. The molecule has 4 rings (SSSR count). The van der Waals surface area contributed by atoms with E-state index >= 15 is 4.39 Å². The number of alkyl halides is 3. The first-order valence-corrected chi connectivity index (χ1v) is 11.3. The van der Waals surface area contributed by atoms with E-state index in [0.29, 0.717) is 30.7 Å². The lowest BCUT2D eigenvalue weighted by Crippen LogP contribution is -2.38. The highest BCUT2D eigenvalue weighted by molar-refractivity contribution is 5.83. The lowest BCUT2D eigenvalue weighted by atomic mass is 10.0. The molecule has 1 saturated heterocycles. The zero-order valence-electron chi connectivity index (χ0n) is 19.4. The predicted molar refractivity (Wildman–Crippen MR) is 126 cm³/mol. The summed E-state index contributed by atoms with van der Waals surface area (Å²) < 4.78 is 59.5. The summed E-state index contributed by atoms with van der Waals surface area (Å²) in [6.07, 6.45) is -1.74. The number of amides is 1. The average Bonchev–Trinajstić information content (AvgIpc) is 3.34. The Morgan fingerprint density at radius 1 is 1.17 bits per heavy atom. The maximum atomic E-state index is 15.5. The number of carbonyl (C=O) groups excluding carboxylic acids is 1. The third-order valence-electron chi connectivity index (χ3n) is 6.17. The van der Waals surface area contributed by atoms with Crippen LogP contribution in [0.15, 0.2) is 54.9 Å². The van der Waals surface area contributed by atoms with Gasteiger partial charge in [0.2, 0.25) is 11.7 Å². The number of ether oxygens (including phenoxy) is 1. The molecule has 0 aliphatic carbocycles. The van der Waals surface area contributed by atoms with Crippen molar-refractivity contribution in [3.05, 3.63) is 77.4 Å². The van der Waals surface area contributed by atoms with Crippen LogP contribution in [0.4, 0.5) is 29.2 Å². The van der Waals surface area contributed by atoms with Crippen LogP contribution < -0.4 is 20.7 Å². The molecule has 2 heterocycles. The van der Waals surface area contributed by atoms with Crippen LogP contribution in [0.5, 0.6) is 5.75 Å². The molecule has 36 heavy (non-hydrogen) atoms. The molecule has 1 amide bonds. The average molecular weight is 504 g/mol. The fourth-order valence-corrected chi connectivity index (χ4v) is 4.31. The molecule has 0 spiro atoms. The Morgan fingerprint density at radius 3 is 2.47 bits per heavy atom. The number of hydrogen-bond acceptors (Lipinski definition) is 6. The summed E-state index contributed by atoms with van der Waals surface area (Å²) in [6, 6.07) is 10.6. The Morgan fingerprint density at radius 2 is 1.86 bits per heavy atom. The maximum absolute atomic E-state index is 15.5. The number of methoxy groups -OCH3 is 1. The molecule has 1 aliphatic rings. The van der Waals surface area contributed by atoms with Gasteiger partial charge in [0.15, 0.2) is 11.6 Å². The van der Waals surface area contributed by atoms with Gasteiger partial charge < -0.3 is 20.7 Å². The van der Waals surface area contributed by atoms with Gasteiger partial charge in [0.25, 0.3) is 0 Å². The number of carbonyl (C=O) groups is 1. The van der Waals surface area contributed by atoms with E-state index in [0.717, 1.165) is 17.7 Å². The molecule has 7 nitrogen and oxygen atoms in total. The van der Waals surface area contributed by atoms with Crippen LogP contribution in [0.25, 0.3) is 0 Å². The van der Waals surface area contributed by atoms with Gasteiger partial charge in [0.05, 0.1) is 18.7 Å². The summed E-state index contributed by atoms with van der Waals surface area (Å²) in [5, 5.41) is 2.78. The van der Waals surface area contributed by atoms with Crippen molar-refractivity contribution in [2.45, 2.75) is 37.5 Å². The largest absolute Gasteiger partial charge is 0.497 e. The number of nitrogens with two attached hydrogens (primary N) is 1. The van der Waals surface area contributed by atoms with E-state index in [2.05, 4.69) is 15.3 Å². The van der Waals surface area contributed by atoms with Crippen LogP contribution in [-0.4, -0.2) is 35.6 Å². The molecular formula is C25H25F4N5O2. The molecule has 0 bridgehead atoms. The number of hydrogen-bond donors (Lipinski definition) is 2. The van der Waals surface area contributed by atoms with Crippen molar-refractivity contribution in [1.29, 1.82) is 0 Å². The summed E-state index contributed by atoms with van der Waals surface area (Å²) in [7, 11) is 1.54. The SMILES string of the molecule is COc1ccc(C[C@@H](Nc2ncnc(N3CCCC3c3ccc(C(F)(F)F)cc3)c2F)C(N)=O)cc1. The monoisotopic (exact) mass is 503 g/mol. The first kappa shape index (κ1) is 25.2. The predicted octanol–water partition coefficient (Wildman–Crippen LogP) is 4.49. The Labute approximate surface area is 205 Å². The highest BCUT2D eigenvalue weighted by atomic mass is 19.4. The van der Waals surface area contributed by atoms with E-state index in [4.69, 9.17) is 10.5 Å². The topological polar surface area (TPSA) is 93.4 Å². The van der Waals surface area contributed by atoms with Crippen molar-refractivity contribution in [3.63, 3.8) is 0 Å². The molecule has 3 aromatic rings. The molecule has 190 valence electrons. The van der Waals surface area contributed by atoms with Gasteiger partial charge in [-0.1, -0.05) is 24.3 Å². The van der Waals surface area contributed by atoms with Crippen molar-refractivity contribution in [2.24, 2.45) is 5.73 Å². The van der Waals surface area contributed by atoms with E-state index in [-0.39, 0.29) is 24.1 Å². The molecular weight excluding hydrogens is 478 g/mol. The van der Waals surface area contributed by atoms with Crippen LogP contribution >= 0.6 is 0 Å². The summed E-state index contributed by atoms with van der Waals surface area (Å²) >= 11 is 0. The van der Waals surface area contributed by atoms with Crippen LogP contribution in [0.2, 0.25) is 0 Å². The number of nitrogens with zero attached hydrogens (tertiary/aromatic N) is 3. The van der Waals surface area contributed by atoms with E-state index in [1.807, 2.05) is 0 Å². The molecule has 1 aromatic heterocycles. The molecule has 3 N–H and O–H groups in total. The Kier molecular flexibility index (Phi) is 7.27. The molecule has 1 fully saturated rings. The minimum Gasteiger partial charge on any atom is -0.497 e. The fourth-order valence-electron chi connectivity index (χ4n) is 4.31. The van der Waals surface area contributed by atoms with Crippen molar-refractivity contribution in [2.75, 3.05) is 23.9 Å². The zero-order valence-corrected chi connectivity index (χ0v) is 19.4. The van der Waals surface area contributed by atoms with Crippen LogP contribution in [0.1, 0.15) is 35.6 Å². The summed E-state index contributed by atoms with van der Waals surface area (Å²) in [4.78, 5) is 21.9. The van der Waals surface area contributed by atoms with Gasteiger partial charge in [-0.15, -0.1) is 0 Å². The lowest BCUT2D eigenvalue weighted by Gasteiger charge is -2.27. The highest BCUT2D eigenvalue weighted by Crippen LogP contribution is 2.38. The van der Waals surface area contributed by atoms with Gasteiger partial charge in [0, 0.05) is 13.0 Å². The van der Waals surface area contributed by atoms with Gasteiger partial charge in [-0.3, -0.25) is 4.79 Å². The van der Waals surface area contributed by atoms with E-state index in [1.165, 1.54) is 18.5 Å². The van der Waals surface area contributed by atoms with Gasteiger partial charge in [-0.25, -0.2) is 9.97 Å². The third-order valence-corrected chi connectivity index (χ3v) is 6.17. The Balaban J connectivity index is 1.55. The fraction of sp³-hybridized carbons (Fsp3) is 0.320. The minimum absolute atomic E-state index is 0.00238. The van der Waals surface area contributed by atoms with Crippen molar-refractivity contribution in [3.8, 4) is 5.75 Å². The van der Waals surface area contributed by atoms with Gasteiger partial charge in [-0.05, 0) is 48.2 Å². The number of anilines is 2. The van der Waals surface area contributed by atoms with Gasteiger partial charge in [-0.2, -0.15) is 17.6 Å². The Bertz CT molecular complexity index is 1200. The van der Waals surface area contributed by atoms with E-state index < -0.39 is 29.5 Å². The smallest absolute Gasteiger partial charge is 0.416 e. The molecule has 11 heteroatoms. The third kappa shape index (κ3) is 5.50. The number of halogens is 4. The van der Waals surface area contributed by atoms with Crippen molar-refractivity contribution < 1.29 is 27.1 Å². The summed E-state index contributed by atoms with van der Waals surface area (Å²) in [5.41, 5.74) is 6.22. The van der Waals surface area contributed by atoms with Crippen molar-refractivity contribution >= 4 is 17.5 Å². The van der Waals surface area contributed by atoms with E-state index in [1.54, 1.807) is 36.3 Å². The number of nitrogens with one attached hydrogen (secondary N) is 1.